The lowest BCUT2D eigenvalue weighted by Gasteiger charge is -2.12. The van der Waals surface area contributed by atoms with E-state index in [9.17, 15) is 0 Å². The summed E-state index contributed by atoms with van der Waals surface area (Å²) in [7, 11) is 0. The highest BCUT2D eigenvalue weighted by Gasteiger charge is 2.20. The van der Waals surface area contributed by atoms with Crippen LogP contribution in [-0.4, -0.2) is 19.9 Å². The van der Waals surface area contributed by atoms with Gasteiger partial charge in [0, 0.05) is 23.5 Å². The second-order valence-electron chi connectivity index (χ2n) is 6.25. The zero-order valence-corrected chi connectivity index (χ0v) is 14.4. The summed E-state index contributed by atoms with van der Waals surface area (Å²) in [5.41, 5.74) is 6.15. The number of rotatable bonds is 4. The molecule has 4 rings (SSSR count). The van der Waals surface area contributed by atoms with Crippen LogP contribution in [0.4, 0.5) is 0 Å². The van der Waals surface area contributed by atoms with Crippen molar-refractivity contribution < 1.29 is 4.74 Å². The van der Waals surface area contributed by atoms with E-state index in [0.29, 0.717) is 17.3 Å². The van der Waals surface area contributed by atoms with Crippen LogP contribution in [0.1, 0.15) is 34.8 Å². The Hall–Kier alpha value is -3.33. The smallest absolute Gasteiger partial charge is 0.214 e. The Morgan fingerprint density at radius 2 is 2.08 bits per heavy atom. The summed E-state index contributed by atoms with van der Waals surface area (Å²) in [6, 6.07) is 9.28. The third-order valence-electron chi connectivity index (χ3n) is 4.35. The molecule has 1 aliphatic carbocycles. The van der Waals surface area contributed by atoms with Gasteiger partial charge in [-0.2, -0.15) is 5.26 Å². The quantitative estimate of drug-likeness (QED) is 0.723. The largest absolute Gasteiger partial charge is 0.471 e. The first-order valence-electron chi connectivity index (χ1n) is 8.53. The Morgan fingerprint density at radius 1 is 1.15 bits per heavy atom. The van der Waals surface area contributed by atoms with Crippen molar-refractivity contribution in [3.05, 3.63) is 65.0 Å². The molecule has 6 heteroatoms. The van der Waals surface area contributed by atoms with Crippen LogP contribution in [0.5, 0.6) is 5.88 Å². The van der Waals surface area contributed by atoms with E-state index >= 15 is 0 Å². The molecule has 0 saturated carbocycles. The van der Waals surface area contributed by atoms with Crippen molar-refractivity contribution in [3.8, 4) is 23.2 Å². The van der Waals surface area contributed by atoms with Crippen molar-refractivity contribution >= 4 is 0 Å². The number of nitriles is 1. The van der Waals surface area contributed by atoms with E-state index in [1.165, 1.54) is 5.56 Å². The van der Waals surface area contributed by atoms with Crippen LogP contribution in [-0.2, 0) is 19.4 Å². The molecule has 0 radical (unpaired) electrons. The van der Waals surface area contributed by atoms with E-state index in [4.69, 9.17) is 10.00 Å². The molecular formula is C20H17N5O. The predicted octanol–water partition coefficient (Wildman–Crippen LogP) is 3.18. The van der Waals surface area contributed by atoms with E-state index < -0.39 is 0 Å². The van der Waals surface area contributed by atoms with Crippen molar-refractivity contribution in [1.82, 2.24) is 19.9 Å². The van der Waals surface area contributed by atoms with Crippen LogP contribution in [0.25, 0.3) is 11.3 Å². The fourth-order valence-electron chi connectivity index (χ4n) is 3.18. The number of aromatic nitrogens is 4. The van der Waals surface area contributed by atoms with Gasteiger partial charge in [0.2, 0.25) is 5.88 Å². The molecule has 0 spiro atoms. The normalized spacial score (nSPS) is 12.5. The van der Waals surface area contributed by atoms with Gasteiger partial charge in [0.15, 0.2) is 0 Å². The minimum atomic E-state index is 0.264. The highest BCUT2D eigenvalue weighted by molar-refractivity contribution is 5.66. The molecule has 3 aromatic rings. The SMILES string of the molecule is Cc1cncc(-c2cc(OCc3cccc(C#N)n3)nc3c2CCC3)n1. The van der Waals surface area contributed by atoms with E-state index in [2.05, 4.69) is 19.9 Å². The molecule has 0 bridgehead atoms. The van der Waals surface area contributed by atoms with Gasteiger partial charge in [0.1, 0.15) is 18.4 Å². The van der Waals surface area contributed by atoms with Crippen molar-refractivity contribution in [3.63, 3.8) is 0 Å². The minimum Gasteiger partial charge on any atom is -0.471 e. The van der Waals surface area contributed by atoms with Crippen LogP contribution < -0.4 is 4.74 Å². The molecule has 1 aliphatic rings. The summed E-state index contributed by atoms with van der Waals surface area (Å²) in [4.78, 5) is 17.8. The van der Waals surface area contributed by atoms with Crippen molar-refractivity contribution in [2.24, 2.45) is 0 Å². The molecule has 0 N–H and O–H groups in total. The fourth-order valence-corrected chi connectivity index (χ4v) is 3.18. The van der Waals surface area contributed by atoms with Crippen molar-refractivity contribution in [2.45, 2.75) is 32.8 Å². The maximum atomic E-state index is 8.96. The van der Waals surface area contributed by atoms with Crippen LogP contribution in [0.3, 0.4) is 0 Å². The molecule has 128 valence electrons. The first kappa shape index (κ1) is 16.2. The maximum absolute atomic E-state index is 8.96. The zero-order valence-electron chi connectivity index (χ0n) is 14.4. The van der Waals surface area contributed by atoms with Gasteiger partial charge < -0.3 is 4.74 Å². The number of fused-ring (bicyclic) bond motifs is 1. The average molecular weight is 343 g/mol. The van der Waals surface area contributed by atoms with Gasteiger partial charge in [-0.3, -0.25) is 4.98 Å². The standard InChI is InChI=1S/C20H17N5O/c1-13-10-22-11-19(23-13)17-8-20(25-18-7-3-6-16(17)18)26-12-15-5-2-4-14(9-21)24-15/h2,4-5,8,10-11H,3,6-7,12H2,1H3. The Balaban J connectivity index is 1.65. The van der Waals surface area contributed by atoms with Gasteiger partial charge in [0.05, 0.1) is 23.3 Å². The Morgan fingerprint density at radius 3 is 2.92 bits per heavy atom. The Labute approximate surface area is 151 Å². The van der Waals surface area contributed by atoms with Gasteiger partial charge in [-0.25, -0.2) is 15.0 Å². The number of nitrogens with zero attached hydrogens (tertiary/aromatic N) is 5. The number of hydrogen-bond donors (Lipinski definition) is 0. The lowest BCUT2D eigenvalue weighted by molar-refractivity contribution is 0.288. The summed E-state index contributed by atoms with van der Waals surface area (Å²) in [5, 5.41) is 8.96. The highest BCUT2D eigenvalue weighted by atomic mass is 16.5. The van der Waals surface area contributed by atoms with Crippen molar-refractivity contribution in [1.29, 1.82) is 5.26 Å². The second-order valence-corrected chi connectivity index (χ2v) is 6.25. The molecule has 0 aliphatic heterocycles. The number of pyridine rings is 2. The topological polar surface area (TPSA) is 84.6 Å². The summed E-state index contributed by atoms with van der Waals surface area (Å²) in [6.45, 7) is 2.20. The lowest BCUT2D eigenvalue weighted by atomic mass is 10.0. The monoisotopic (exact) mass is 343 g/mol. The van der Waals surface area contributed by atoms with Crippen LogP contribution in [0.15, 0.2) is 36.7 Å². The van der Waals surface area contributed by atoms with Gasteiger partial charge >= 0.3 is 0 Å². The van der Waals surface area contributed by atoms with Crippen LogP contribution in [0.2, 0.25) is 0 Å². The first-order chi connectivity index (χ1) is 12.7. The van der Waals surface area contributed by atoms with Gasteiger partial charge in [-0.1, -0.05) is 6.07 Å². The van der Waals surface area contributed by atoms with Crippen LogP contribution in [0, 0.1) is 18.3 Å². The van der Waals surface area contributed by atoms with Gasteiger partial charge in [0.25, 0.3) is 0 Å². The predicted molar refractivity (Wildman–Crippen MR) is 95.3 cm³/mol. The first-order valence-corrected chi connectivity index (χ1v) is 8.53. The number of aryl methyl sites for hydroxylation is 2. The molecule has 0 saturated heterocycles. The van der Waals surface area contributed by atoms with Crippen molar-refractivity contribution in [2.75, 3.05) is 0 Å². The third kappa shape index (κ3) is 3.24. The van der Waals surface area contributed by atoms with E-state index in [-0.39, 0.29) is 6.61 Å². The molecule has 3 aromatic heterocycles. The average Bonchev–Trinajstić information content (AvgIpc) is 3.14. The molecule has 0 fully saturated rings. The third-order valence-corrected chi connectivity index (χ3v) is 4.35. The number of hydrogen-bond acceptors (Lipinski definition) is 6. The molecule has 0 atom stereocenters. The van der Waals surface area contributed by atoms with E-state index in [1.807, 2.05) is 25.1 Å². The molecule has 0 aromatic carbocycles. The zero-order chi connectivity index (χ0) is 17.9. The second kappa shape index (κ2) is 6.89. The lowest BCUT2D eigenvalue weighted by Crippen LogP contribution is -2.03. The van der Waals surface area contributed by atoms with E-state index in [0.717, 1.165) is 41.9 Å². The molecular weight excluding hydrogens is 326 g/mol. The Kier molecular flexibility index (Phi) is 4.28. The summed E-state index contributed by atoms with van der Waals surface area (Å²) < 4.78 is 5.88. The maximum Gasteiger partial charge on any atom is 0.214 e. The number of ether oxygens (including phenoxy) is 1. The summed E-state index contributed by atoms with van der Waals surface area (Å²) in [6.07, 6.45) is 6.56. The van der Waals surface area contributed by atoms with Crippen LogP contribution >= 0.6 is 0 Å². The van der Waals surface area contributed by atoms with E-state index in [1.54, 1.807) is 24.5 Å². The highest BCUT2D eigenvalue weighted by Crippen LogP contribution is 2.33. The van der Waals surface area contributed by atoms with Gasteiger partial charge in [-0.05, 0) is 43.9 Å². The summed E-state index contributed by atoms with van der Waals surface area (Å²) in [5.74, 6) is 0.549. The van der Waals surface area contributed by atoms with Gasteiger partial charge in [-0.15, -0.1) is 0 Å². The molecule has 26 heavy (non-hydrogen) atoms. The molecule has 0 amide bonds. The minimum absolute atomic E-state index is 0.264. The molecule has 3 heterocycles. The summed E-state index contributed by atoms with van der Waals surface area (Å²) >= 11 is 0. The molecule has 6 nitrogen and oxygen atoms in total. The molecule has 0 unspecified atom stereocenters. The fraction of sp³-hybridized carbons (Fsp3) is 0.250. The Bertz CT molecular complexity index is 1010.